The molecule has 1 atom stereocenters. The fourth-order valence-corrected chi connectivity index (χ4v) is 2.89. The maximum absolute atomic E-state index is 12.1. The van der Waals surface area contributed by atoms with E-state index in [-0.39, 0.29) is 11.9 Å². The molecule has 0 aliphatic carbocycles. The Balaban J connectivity index is 1.54. The summed E-state index contributed by atoms with van der Waals surface area (Å²) >= 11 is 0. The number of methoxy groups -OCH3 is 1. The van der Waals surface area contributed by atoms with E-state index in [0.717, 1.165) is 37.1 Å². The van der Waals surface area contributed by atoms with E-state index >= 15 is 0 Å². The number of rotatable bonds is 6. The molecule has 132 valence electrons. The second-order valence-electron chi connectivity index (χ2n) is 6.12. The van der Waals surface area contributed by atoms with Gasteiger partial charge in [0.05, 0.1) is 13.2 Å². The van der Waals surface area contributed by atoms with E-state index in [4.69, 9.17) is 9.47 Å². The standard InChI is InChI=1S/C20H24N2O3/c1-24-18-7-2-3-8-19(18)25-16-11-9-15(10-12-16)14-22-20(23)17-6-4-5-13-21-17/h2-3,7-12,17,21H,4-6,13-14H2,1H3,(H,22,23). The zero-order valence-electron chi connectivity index (χ0n) is 14.5. The maximum Gasteiger partial charge on any atom is 0.237 e. The molecule has 2 N–H and O–H groups in total. The van der Waals surface area contributed by atoms with Gasteiger partial charge in [0.2, 0.25) is 5.91 Å². The normalized spacial score (nSPS) is 16.9. The predicted octanol–water partition coefficient (Wildman–Crippen LogP) is 3.25. The molecular weight excluding hydrogens is 316 g/mol. The number of hydrogen-bond acceptors (Lipinski definition) is 4. The van der Waals surface area contributed by atoms with E-state index in [0.29, 0.717) is 18.0 Å². The minimum absolute atomic E-state index is 0.0538. The minimum atomic E-state index is -0.0538. The average molecular weight is 340 g/mol. The first-order valence-electron chi connectivity index (χ1n) is 8.67. The van der Waals surface area contributed by atoms with Gasteiger partial charge in [0.25, 0.3) is 0 Å². The van der Waals surface area contributed by atoms with Crippen LogP contribution in [0.4, 0.5) is 0 Å². The zero-order valence-corrected chi connectivity index (χ0v) is 14.5. The lowest BCUT2D eigenvalue weighted by Crippen LogP contribution is -2.46. The van der Waals surface area contributed by atoms with Crippen LogP contribution in [-0.2, 0) is 11.3 Å². The number of para-hydroxylation sites is 2. The number of benzene rings is 2. The molecule has 0 radical (unpaired) electrons. The van der Waals surface area contributed by atoms with Gasteiger partial charge < -0.3 is 20.1 Å². The van der Waals surface area contributed by atoms with Gasteiger partial charge in [0.1, 0.15) is 5.75 Å². The van der Waals surface area contributed by atoms with Crippen molar-refractivity contribution in [3.63, 3.8) is 0 Å². The minimum Gasteiger partial charge on any atom is -0.493 e. The molecule has 1 heterocycles. The molecule has 2 aromatic carbocycles. The number of carbonyl (C=O) groups excluding carboxylic acids is 1. The molecule has 1 aliphatic rings. The van der Waals surface area contributed by atoms with Gasteiger partial charge in [-0.25, -0.2) is 0 Å². The molecule has 0 spiro atoms. The van der Waals surface area contributed by atoms with Crippen molar-refractivity contribution < 1.29 is 14.3 Å². The van der Waals surface area contributed by atoms with Crippen LogP contribution < -0.4 is 20.1 Å². The van der Waals surface area contributed by atoms with Crippen LogP contribution in [0.2, 0.25) is 0 Å². The summed E-state index contributed by atoms with van der Waals surface area (Å²) in [7, 11) is 1.62. The molecule has 1 unspecified atom stereocenters. The van der Waals surface area contributed by atoms with Crippen LogP contribution in [-0.4, -0.2) is 25.6 Å². The molecule has 5 heteroatoms. The topological polar surface area (TPSA) is 59.6 Å². The molecule has 0 aromatic heterocycles. The monoisotopic (exact) mass is 340 g/mol. The Morgan fingerprint density at radius 3 is 2.56 bits per heavy atom. The first kappa shape index (κ1) is 17.3. The van der Waals surface area contributed by atoms with Crippen molar-refractivity contribution in [1.82, 2.24) is 10.6 Å². The first-order chi connectivity index (χ1) is 12.3. The van der Waals surface area contributed by atoms with Gasteiger partial charge in [0, 0.05) is 6.54 Å². The third kappa shape index (κ3) is 4.73. The molecule has 3 rings (SSSR count). The number of nitrogens with one attached hydrogen (secondary N) is 2. The summed E-state index contributed by atoms with van der Waals surface area (Å²) in [6.07, 6.45) is 3.18. The van der Waals surface area contributed by atoms with E-state index < -0.39 is 0 Å². The van der Waals surface area contributed by atoms with Gasteiger partial charge in [-0.15, -0.1) is 0 Å². The van der Waals surface area contributed by atoms with Crippen molar-refractivity contribution in [3.8, 4) is 17.2 Å². The summed E-state index contributed by atoms with van der Waals surface area (Å²) in [6.45, 7) is 1.44. The van der Waals surface area contributed by atoms with Crippen molar-refractivity contribution in [3.05, 3.63) is 54.1 Å². The second-order valence-corrected chi connectivity index (χ2v) is 6.12. The Kier molecular flexibility index (Phi) is 5.90. The Labute approximate surface area is 148 Å². The Bertz CT molecular complexity index is 694. The average Bonchev–Trinajstić information content (AvgIpc) is 2.68. The van der Waals surface area contributed by atoms with E-state index in [2.05, 4.69) is 10.6 Å². The van der Waals surface area contributed by atoms with E-state index in [9.17, 15) is 4.79 Å². The molecular formula is C20H24N2O3. The number of ether oxygens (including phenoxy) is 2. The molecule has 0 saturated carbocycles. The van der Waals surface area contributed by atoms with Crippen LogP contribution in [0.5, 0.6) is 17.2 Å². The second kappa shape index (κ2) is 8.53. The van der Waals surface area contributed by atoms with Crippen molar-refractivity contribution >= 4 is 5.91 Å². The number of amides is 1. The Hall–Kier alpha value is -2.53. The highest BCUT2D eigenvalue weighted by Gasteiger charge is 2.19. The summed E-state index contributed by atoms with van der Waals surface area (Å²) in [5.41, 5.74) is 1.04. The third-order valence-corrected chi connectivity index (χ3v) is 4.31. The quantitative estimate of drug-likeness (QED) is 0.847. The molecule has 1 aliphatic heterocycles. The fourth-order valence-electron chi connectivity index (χ4n) is 2.89. The van der Waals surface area contributed by atoms with Gasteiger partial charge in [0.15, 0.2) is 11.5 Å². The van der Waals surface area contributed by atoms with Gasteiger partial charge >= 0.3 is 0 Å². The lowest BCUT2D eigenvalue weighted by atomic mass is 10.0. The van der Waals surface area contributed by atoms with Crippen molar-refractivity contribution in [2.24, 2.45) is 0 Å². The van der Waals surface area contributed by atoms with Gasteiger partial charge in [-0.3, -0.25) is 4.79 Å². The van der Waals surface area contributed by atoms with Crippen LogP contribution in [0.25, 0.3) is 0 Å². The van der Waals surface area contributed by atoms with Crippen LogP contribution in [0, 0.1) is 0 Å². The van der Waals surface area contributed by atoms with E-state index in [1.165, 1.54) is 0 Å². The van der Waals surface area contributed by atoms with Crippen LogP contribution >= 0.6 is 0 Å². The number of carbonyl (C=O) groups is 1. The fraction of sp³-hybridized carbons (Fsp3) is 0.350. The summed E-state index contributed by atoms with van der Waals surface area (Å²) in [6, 6.07) is 15.2. The number of piperidine rings is 1. The van der Waals surface area contributed by atoms with Crippen LogP contribution in [0.15, 0.2) is 48.5 Å². The van der Waals surface area contributed by atoms with Crippen molar-refractivity contribution in [2.75, 3.05) is 13.7 Å². The Morgan fingerprint density at radius 2 is 1.88 bits per heavy atom. The largest absolute Gasteiger partial charge is 0.493 e. The maximum atomic E-state index is 12.1. The van der Waals surface area contributed by atoms with Gasteiger partial charge in [-0.2, -0.15) is 0 Å². The van der Waals surface area contributed by atoms with Crippen LogP contribution in [0.3, 0.4) is 0 Å². The highest BCUT2D eigenvalue weighted by molar-refractivity contribution is 5.81. The zero-order chi connectivity index (χ0) is 17.5. The Morgan fingerprint density at radius 1 is 1.12 bits per heavy atom. The van der Waals surface area contributed by atoms with E-state index in [1.807, 2.05) is 48.5 Å². The van der Waals surface area contributed by atoms with Crippen LogP contribution in [0.1, 0.15) is 24.8 Å². The third-order valence-electron chi connectivity index (χ3n) is 4.31. The smallest absolute Gasteiger partial charge is 0.237 e. The van der Waals surface area contributed by atoms with Crippen molar-refractivity contribution in [1.29, 1.82) is 0 Å². The molecule has 0 bridgehead atoms. The lowest BCUT2D eigenvalue weighted by Gasteiger charge is -2.22. The molecule has 1 saturated heterocycles. The van der Waals surface area contributed by atoms with Crippen molar-refractivity contribution in [2.45, 2.75) is 31.8 Å². The summed E-state index contributed by atoms with van der Waals surface area (Å²) in [5, 5.41) is 6.25. The molecule has 1 amide bonds. The van der Waals surface area contributed by atoms with Gasteiger partial charge in [-0.1, -0.05) is 30.7 Å². The summed E-state index contributed by atoms with van der Waals surface area (Å²) in [5.74, 6) is 2.18. The molecule has 5 nitrogen and oxygen atoms in total. The van der Waals surface area contributed by atoms with Gasteiger partial charge in [-0.05, 0) is 49.2 Å². The van der Waals surface area contributed by atoms with E-state index in [1.54, 1.807) is 7.11 Å². The predicted molar refractivity (Wildman–Crippen MR) is 97.0 cm³/mol. The molecule has 1 fully saturated rings. The molecule has 2 aromatic rings. The summed E-state index contributed by atoms with van der Waals surface area (Å²) < 4.78 is 11.1. The SMILES string of the molecule is COc1ccccc1Oc1ccc(CNC(=O)C2CCCCN2)cc1. The molecule has 25 heavy (non-hydrogen) atoms. The highest BCUT2D eigenvalue weighted by atomic mass is 16.5. The summed E-state index contributed by atoms with van der Waals surface area (Å²) in [4.78, 5) is 12.1. The lowest BCUT2D eigenvalue weighted by molar-refractivity contribution is -0.123. The first-order valence-corrected chi connectivity index (χ1v) is 8.67. The highest BCUT2D eigenvalue weighted by Crippen LogP contribution is 2.30. The number of hydrogen-bond donors (Lipinski definition) is 2.